The number of nitrogens with one attached hydrogen (secondary N) is 1. The molecule has 0 atom stereocenters. The maximum atomic E-state index is 12.0. The number of alkyl halides is 1. The molecule has 0 fully saturated rings. The van der Waals surface area contributed by atoms with Crippen LogP contribution < -0.4 is 4.72 Å². The molecule has 0 saturated carbocycles. The second kappa shape index (κ2) is 6.38. The summed E-state index contributed by atoms with van der Waals surface area (Å²) in [6.07, 6.45) is 1.57. The minimum absolute atomic E-state index is 0.364. The standard InChI is InChI=1S/C12H18ClNO2S/c1-10-5-6-11(2)12(9-10)17(15,16)14-8-4-3-7-13/h5-6,9,14H,3-4,7-8H2,1-2H3. The first-order valence-corrected chi connectivity index (χ1v) is 7.62. The molecule has 0 spiro atoms. The number of sulfonamides is 1. The Hall–Kier alpha value is -0.580. The van der Waals surface area contributed by atoms with Crippen LogP contribution in [0.5, 0.6) is 0 Å². The molecule has 1 aromatic carbocycles. The van der Waals surface area contributed by atoms with Crippen molar-refractivity contribution in [3.63, 3.8) is 0 Å². The number of hydrogen-bond donors (Lipinski definition) is 1. The highest BCUT2D eigenvalue weighted by atomic mass is 35.5. The van der Waals surface area contributed by atoms with E-state index in [1.165, 1.54) is 0 Å². The fourth-order valence-electron chi connectivity index (χ4n) is 1.50. The van der Waals surface area contributed by atoms with E-state index >= 15 is 0 Å². The van der Waals surface area contributed by atoms with Crippen molar-refractivity contribution in [3.05, 3.63) is 29.3 Å². The van der Waals surface area contributed by atoms with Gasteiger partial charge in [0.2, 0.25) is 10.0 Å². The summed E-state index contributed by atoms with van der Waals surface area (Å²) < 4.78 is 26.6. The van der Waals surface area contributed by atoms with E-state index in [1.807, 2.05) is 19.1 Å². The van der Waals surface area contributed by atoms with Gasteiger partial charge in [-0.2, -0.15) is 0 Å². The molecule has 0 bridgehead atoms. The summed E-state index contributed by atoms with van der Waals surface area (Å²) in [4.78, 5) is 0.364. The highest BCUT2D eigenvalue weighted by Gasteiger charge is 2.15. The normalized spacial score (nSPS) is 11.7. The van der Waals surface area contributed by atoms with E-state index in [0.717, 1.165) is 24.0 Å². The molecule has 0 saturated heterocycles. The largest absolute Gasteiger partial charge is 0.240 e. The van der Waals surface area contributed by atoms with Gasteiger partial charge >= 0.3 is 0 Å². The highest BCUT2D eigenvalue weighted by molar-refractivity contribution is 7.89. The van der Waals surface area contributed by atoms with Crippen LogP contribution in [0.25, 0.3) is 0 Å². The van der Waals surface area contributed by atoms with Crippen molar-refractivity contribution in [1.82, 2.24) is 4.72 Å². The van der Waals surface area contributed by atoms with Crippen molar-refractivity contribution < 1.29 is 8.42 Å². The Bertz CT molecular complexity index is 471. The van der Waals surface area contributed by atoms with Crippen molar-refractivity contribution in [1.29, 1.82) is 0 Å². The van der Waals surface area contributed by atoms with Gasteiger partial charge in [0.15, 0.2) is 0 Å². The molecule has 1 aromatic rings. The number of hydrogen-bond acceptors (Lipinski definition) is 2. The van der Waals surface area contributed by atoms with E-state index in [0.29, 0.717) is 17.3 Å². The van der Waals surface area contributed by atoms with Gasteiger partial charge in [-0.1, -0.05) is 12.1 Å². The SMILES string of the molecule is Cc1ccc(C)c(S(=O)(=O)NCCCCCl)c1. The molecule has 0 heterocycles. The molecule has 0 aliphatic rings. The minimum Gasteiger partial charge on any atom is -0.211 e. The maximum Gasteiger partial charge on any atom is 0.240 e. The van der Waals surface area contributed by atoms with Crippen LogP contribution in [0.2, 0.25) is 0 Å². The summed E-state index contributed by atoms with van der Waals surface area (Å²) in [6, 6.07) is 5.42. The van der Waals surface area contributed by atoms with Gasteiger partial charge in [-0.25, -0.2) is 13.1 Å². The van der Waals surface area contributed by atoms with Gasteiger partial charge in [0.05, 0.1) is 4.90 Å². The molecule has 96 valence electrons. The zero-order valence-electron chi connectivity index (χ0n) is 10.2. The number of rotatable bonds is 6. The summed E-state index contributed by atoms with van der Waals surface area (Å²) in [5.41, 5.74) is 1.71. The topological polar surface area (TPSA) is 46.2 Å². The van der Waals surface area contributed by atoms with Gasteiger partial charge in [0.25, 0.3) is 0 Å². The fraction of sp³-hybridized carbons (Fsp3) is 0.500. The molecule has 17 heavy (non-hydrogen) atoms. The Kier molecular flexibility index (Phi) is 5.43. The van der Waals surface area contributed by atoms with Gasteiger partial charge < -0.3 is 0 Å². The zero-order valence-corrected chi connectivity index (χ0v) is 11.7. The van der Waals surface area contributed by atoms with Gasteiger partial charge in [-0.3, -0.25) is 0 Å². The van der Waals surface area contributed by atoms with E-state index in [1.54, 1.807) is 13.0 Å². The smallest absolute Gasteiger partial charge is 0.211 e. The molecule has 3 nitrogen and oxygen atoms in total. The lowest BCUT2D eigenvalue weighted by Crippen LogP contribution is -2.25. The van der Waals surface area contributed by atoms with Crippen LogP contribution in [-0.4, -0.2) is 20.8 Å². The molecule has 0 aliphatic carbocycles. The maximum absolute atomic E-state index is 12.0. The molecule has 1 rings (SSSR count). The van der Waals surface area contributed by atoms with Crippen molar-refractivity contribution >= 4 is 21.6 Å². The average Bonchev–Trinajstić information content (AvgIpc) is 2.28. The molecular formula is C12H18ClNO2S. The lowest BCUT2D eigenvalue weighted by molar-refractivity contribution is 0.578. The first-order chi connectivity index (χ1) is 7.97. The van der Waals surface area contributed by atoms with E-state index in [9.17, 15) is 8.42 Å². The van der Waals surface area contributed by atoms with Crippen molar-refractivity contribution in [2.24, 2.45) is 0 Å². The van der Waals surface area contributed by atoms with E-state index in [-0.39, 0.29) is 0 Å². The lowest BCUT2D eigenvalue weighted by atomic mass is 10.2. The van der Waals surface area contributed by atoms with Crippen LogP contribution in [-0.2, 0) is 10.0 Å². The van der Waals surface area contributed by atoms with Crippen molar-refractivity contribution in [3.8, 4) is 0 Å². The molecular weight excluding hydrogens is 258 g/mol. The van der Waals surface area contributed by atoms with Crippen molar-refractivity contribution in [2.45, 2.75) is 31.6 Å². The first kappa shape index (κ1) is 14.5. The van der Waals surface area contributed by atoms with Crippen LogP contribution >= 0.6 is 11.6 Å². The quantitative estimate of drug-likeness (QED) is 0.641. The van der Waals surface area contributed by atoms with Crippen LogP contribution in [0, 0.1) is 13.8 Å². The lowest BCUT2D eigenvalue weighted by Gasteiger charge is -2.09. The highest BCUT2D eigenvalue weighted by Crippen LogP contribution is 2.16. The second-order valence-corrected chi connectivity index (χ2v) is 6.18. The Labute approximate surface area is 108 Å². The molecule has 0 unspecified atom stereocenters. The van der Waals surface area contributed by atoms with E-state index in [2.05, 4.69) is 4.72 Å². The Morgan fingerprint density at radius 2 is 1.94 bits per heavy atom. The van der Waals surface area contributed by atoms with E-state index < -0.39 is 10.0 Å². The Morgan fingerprint density at radius 1 is 1.24 bits per heavy atom. The first-order valence-electron chi connectivity index (χ1n) is 5.60. The molecule has 1 N–H and O–H groups in total. The van der Waals surface area contributed by atoms with Gasteiger partial charge in [-0.15, -0.1) is 11.6 Å². The summed E-state index contributed by atoms with van der Waals surface area (Å²) >= 11 is 5.54. The number of halogens is 1. The summed E-state index contributed by atoms with van der Waals surface area (Å²) in [7, 11) is -3.39. The van der Waals surface area contributed by atoms with Crippen LogP contribution in [0.4, 0.5) is 0 Å². The third kappa shape index (κ3) is 4.30. The number of benzene rings is 1. The van der Waals surface area contributed by atoms with Gasteiger partial charge in [-0.05, 0) is 43.9 Å². The fourth-order valence-corrected chi connectivity index (χ4v) is 3.09. The summed E-state index contributed by atoms with van der Waals surface area (Å²) in [6.45, 7) is 4.11. The molecule has 0 aliphatic heterocycles. The van der Waals surface area contributed by atoms with Crippen LogP contribution in [0.3, 0.4) is 0 Å². The predicted octanol–water partition coefficient (Wildman–Crippen LogP) is 2.60. The third-order valence-electron chi connectivity index (χ3n) is 2.49. The second-order valence-electron chi connectivity index (χ2n) is 4.06. The summed E-state index contributed by atoms with van der Waals surface area (Å²) in [5, 5.41) is 0. The van der Waals surface area contributed by atoms with Gasteiger partial charge in [0.1, 0.15) is 0 Å². The average molecular weight is 276 g/mol. The molecule has 0 aromatic heterocycles. The van der Waals surface area contributed by atoms with Crippen LogP contribution in [0.1, 0.15) is 24.0 Å². The number of aryl methyl sites for hydroxylation is 2. The van der Waals surface area contributed by atoms with E-state index in [4.69, 9.17) is 11.6 Å². The van der Waals surface area contributed by atoms with Gasteiger partial charge in [0, 0.05) is 12.4 Å². The minimum atomic E-state index is -3.39. The Morgan fingerprint density at radius 3 is 2.59 bits per heavy atom. The monoisotopic (exact) mass is 275 g/mol. The zero-order chi connectivity index (χ0) is 12.9. The molecule has 5 heteroatoms. The Balaban J connectivity index is 2.79. The van der Waals surface area contributed by atoms with Crippen molar-refractivity contribution in [2.75, 3.05) is 12.4 Å². The van der Waals surface area contributed by atoms with Crippen LogP contribution in [0.15, 0.2) is 23.1 Å². The predicted molar refractivity (Wildman–Crippen MR) is 71.1 cm³/mol. The molecule has 0 radical (unpaired) electrons. The third-order valence-corrected chi connectivity index (χ3v) is 4.36. The molecule has 0 amide bonds. The summed E-state index contributed by atoms with van der Waals surface area (Å²) in [5.74, 6) is 0.561. The number of unbranched alkanes of at least 4 members (excludes halogenated alkanes) is 1.